The van der Waals surface area contributed by atoms with Crippen LogP contribution in [0.25, 0.3) is 32.6 Å². The molecule has 0 aliphatic heterocycles. The van der Waals surface area contributed by atoms with Gasteiger partial charge < -0.3 is 14.7 Å². The molecule has 5 aromatic carbocycles. The van der Waals surface area contributed by atoms with Crippen LogP contribution in [0.1, 0.15) is 28.3 Å². The van der Waals surface area contributed by atoms with Crippen LogP contribution in [-0.4, -0.2) is 29.6 Å². The zero-order chi connectivity index (χ0) is 32.0. The predicted molar refractivity (Wildman–Crippen MR) is 179 cm³/mol. The third kappa shape index (κ3) is 5.13. The number of aryl methyl sites for hydroxylation is 1. The number of hydrogen-bond donors (Lipinski definition) is 3. The number of aromatic amines is 1. The van der Waals surface area contributed by atoms with Gasteiger partial charge in [0.1, 0.15) is 11.6 Å². The molecule has 1 atom stereocenters. The molecule has 0 aliphatic rings. The van der Waals surface area contributed by atoms with E-state index in [0.717, 1.165) is 27.2 Å². The summed E-state index contributed by atoms with van der Waals surface area (Å²) in [5.74, 6) is -1.56. The van der Waals surface area contributed by atoms with E-state index in [0.29, 0.717) is 22.2 Å². The minimum absolute atomic E-state index is 0.0571. The van der Waals surface area contributed by atoms with Crippen LogP contribution in [0.3, 0.4) is 0 Å². The number of aromatic nitrogens is 2. The largest absolute Gasteiger partial charge is 0.507 e. The van der Waals surface area contributed by atoms with Crippen molar-refractivity contribution in [1.82, 2.24) is 14.3 Å². The van der Waals surface area contributed by atoms with E-state index in [-0.39, 0.29) is 29.2 Å². The van der Waals surface area contributed by atoms with Gasteiger partial charge in [-0.15, -0.1) is 0 Å². The number of hydrogen-bond acceptors (Lipinski definition) is 4. The summed E-state index contributed by atoms with van der Waals surface area (Å²) in [5.41, 5.74) is 2.78. The summed E-state index contributed by atoms with van der Waals surface area (Å²) in [6.45, 7) is 0.0571. The fourth-order valence-corrected chi connectivity index (χ4v) is 7.46. The van der Waals surface area contributed by atoms with Crippen molar-refractivity contribution in [3.8, 4) is 5.75 Å². The van der Waals surface area contributed by atoms with E-state index in [1.54, 1.807) is 61.6 Å². The summed E-state index contributed by atoms with van der Waals surface area (Å²) in [7, 11) is -2.20. The molecule has 3 N–H and O–H groups in total. The topological polar surface area (TPSA) is 104 Å². The van der Waals surface area contributed by atoms with Crippen molar-refractivity contribution in [3.63, 3.8) is 0 Å². The molecule has 0 spiro atoms. The Bertz CT molecular complexity index is 2450. The van der Waals surface area contributed by atoms with Crippen LogP contribution in [0, 0.1) is 5.82 Å². The van der Waals surface area contributed by atoms with Gasteiger partial charge in [0, 0.05) is 35.6 Å². The van der Waals surface area contributed by atoms with E-state index < -0.39 is 27.3 Å². The Morgan fingerprint density at radius 3 is 2.37 bits per heavy atom. The molecule has 46 heavy (non-hydrogen) atoms. The van der Waals surface area contributed by atoms with E-state index in [4.69, 9.17) is 0 Å². The molecular weight excluding hydrogens is 601 g/mol. The summed E-state index contributed by atoms with van der Waals surface area (Å²) in [5, 5.41) is 14.7. The SMILES string of the molecule is Cn1c(=O)c(C(c2cccc(F)c2)c2[nH]c3ccccc3c2CCNS(=O)(=O)c2ccc3ccccc3c2)c(O)c2ccccc21. The van der Waals surface area contributed by atoms with Gasteiger partial charge in [0.2, 0.25) is 10.0 Å². The van der Waals surface area contributed by atoms with Gasteiger partial charge in [-0.05, 0) is 70.8 Å². The highest BCUT2D eigenvalue weighted by molar-refractivity contribution is 7.89. The van der Waals surface area contributed by atoms with Crippen molar-refractivity contribution in [2.45, 2.75) is 17.2 Å². The van der Waals surface area contributed by atoms with Gasteiger partial charge in [0.05, 0.1) is 21.9 Å². The zero-order valence-corrected chi connectivity index (χ0v) is 25.7. The van der Waals surface area contributed by atoms with E-state index in [2.05, 4.69) is 9.71 Å². The Labute approximate surface area is 264 Å². The fraction of sp³-hybridized carbons (Fsp3) is 0.108. The lowest BCUT2D eigenvalue weighted by molar-refractivity contribution is 0.470. The third-order valence-electron chi connectivity index (χ3n) is 8.62. The smallest absolute Gasteiger partial charge is 0.258 e. The van der Waals surface area contributed by atoms with Crippen molar-refractivity contribution in [2.24, 2.45) is 7.05 Å². The average molecular weight is 632 g/mol. The molecule has 0 amide bonds. The van der Waals surface area contributed by atoms with Crippen molar-refractivity contribution in [1.29, 1.82) is 0 Å². The van der Waals surface area contributed by atoms with Gasteiger partial charge in [-0.1, -0.05) is 72.8 Å². The molecule has 0 radical (unpaired) electrons. The van der Waals surface area contributed by atoms with E-state index in [1.165, 1.54) is 16.7 Å². The summed E-state index contributed by atoms with van der Waals surface area (Å²) in [4.78, 5) is 17.6. The van der Waals surface area contributed by atoms with E-state index >= 15 is 0 Å². The summed E-state index contributed by atoms with van der Waals surface area (Å²) >= 11 is 0. The fourth-order valence-electron chi connectivity index (χ4n) is 6.39. The maximum absolute atomic E-state index is 14.8. The van der Waals surface area contributed by atoms with Crippen LogP contribution >= 0.6 is 0 Å². The molecule has 7 aromatic rings. The molecule has 0 saturated carbocycles. The van der Waals surface area contributed by atoms with Crippen molar-refractivity contribution >= 4 is 42.6 Å². The van der Waals surface area contributed by atoms with Gasteiger partial charge in [0.25, 0.3) is 5.56 Å². The summed E-state index contributed by atoms with van der Waals surface area (Å²) < 4.78 is 45.7. The molecular formula is C37H30FN3O4S. The first kappa shape index (κ1) is 29.5. The van der Waals surface area contributed by atoms with Crippen LogP contribution in [0.5, 0.6) is 5.75 Å². The minimum atomic E-state index is -3.85. The number of rotatable bonds is 8. The molecule has 2 heterocycles. The van der Waals surface area contributed by atoms with E-state index in [1.807, 2.05) is 48.5 Å². The lowest BCUT2D eigenvalue weighted by atomic mass is 9.85. The molecule has 0 saturated heterocycles. The molecule has 9 heteroatoms. The summed E-state index contributed by atoms with van der Waals surface area (Å²) in [6.07, 6.45) is 0.257. The average Bonchev–Trinajstić information content (AvgIpc) is 3.43. The number of pyridine rings is 1. The Hall–Kier alpha value is -5.25. The molecule has 0 bridgehead atoms. The Kier molecular flexibility index (Phi) is 7.43. The maximum Gasteiger partial charge on any atom is 0.258 e. The number of H-pyrrole nitrogens is 1. The monoisotopic (exact) mass is 631 g/mol. The molecule has 7 nitrogen and oxygen atoms in total. The molecule has 0 fully saturated rings. The van der Waals surface area contributed by atoms with Gasteiger partial charge >= 0.3 is 0 Å². The second kappa shape index (κ2) is 11.6. The number of benzene rings is 5. The number of nitrogens with one attached hydrogen (secondary N) is 2. The van der Waals surface area contributed by atoms with Gasteiger partial charge in [-0.25, -0.2) is 17.5 Å². The van der Waals surface area contributed by atoms with Gasteiger partial charge in [0.15, 0.2) is 0 Å². The first-order valence-electron chi connectivity index (χ1n) is 14.9. The van der Waals surface area contributed by atoms with Crippen LogP contribution in [0.2, 0.25) is 0 Å². The summed E-state index contributed by atoms with van der Waals surface area (Å²) in [6, 6.07) is 33.2. The van der Waals surface area contributed by atoms with Gasteiger partial charge in [-0.3, -0.25) is 4.79 Å². The molecule has 1 unspecified atom stereocenters. The Morgan fingerprint density at radius 1 is 0.848 bits per heavy atom. The van der Waals surface area contributed by atoms with Crippen molar-refractivity contribution < 1.29 is 17.9 Å². The highest BCUT2D eigenvalue weighted by atomic mass is 32.2. The Morgan fingerprint density at radius 2 is 1.57 bits per heavy atom. The second-order valence-electron chi connectivity index (χ2n) is 11.4. The quantitative estimate of drug-likeness (QED) is 0.173. The van der Waals surface area contributed by atoms with Crippen LogP contribution in [0.4, 0.5) is 4.39 Å². The molecule has 2 aromatic heterocycles. The van der Waals surface area contributed by atoms with Crippen LogP contribution < -0.4 is 10.3 Å². The number of aromatic hydroxyl groups is 1. The van der Waals surface area contributed by atoms with E-state index in [9.17, 15) is 22.7 Å². The predicted octanol–water partition coefficient (Wildman–Crippen LogP) is 6.72. The number of para-hydroxylation sites is 2. The standard InChI is InChI=1S/C37H30FN3O4S/c1-41-32-16-7-5-14-30(32)36(42)34(37(41)43)33(25-11-8-12-26(38)21-25)35-29(28-13-4-6-15-31(28)40-35)19-20-39-46(44,45)27-18-17-23-9-2-3-10-24(23)22-27/h2-18,21-22,33,39-40,42H,19-20H2,1H3. The Balaban J connectivity index is 1.35. The number of sulfonamides is 1. The number of nitrogens with zero attached hydrogens (tertiary/aromatic N) is 1. The lowest BCUT2D eigenvalue weighted by Crippen LogP contribution is -2.27. The van der Waals surface area contributed by atoms with Crippen molar-refractivity contribution in [2.75, 3.05) is 6.54 Å². The first-order valence-corrected chi connectivity index (χ1v) is 16.4. The highest BCUT2D eigenvalue weighted by Gasteiger charge is 2.30. The van der Waals surface area contributed by atoms with Gasteiger partial charge in [-0.2, -0.15) is 0 Å². The second-order valence-corrected chi connectivity index (χ2v) is 13.1. The van der Waals surface area contributed by atoms with Crippen LogP contribution in [0.15, 0.2) is 125 Å². The minimum Gasteiger partial charge on any atom is -0.507 e. The third-order valence-corrected chi connectivity index (χ3v) is 10.1. The molecule has 7 rings (SSSR count). The molecule has 0 aliphatic carbocycles. The number of fused-ring (bicyclic) bond motifs is 3. The maximum atomic E-state index is 14.8. The van der Waals surface area contributed by atoms with Crippen LogP contribution in [-0.2, 0) is 23.5 Å². The van der Waals surface area contributed by atoms with Crippen molar-refractivity contribution in [3.05, 3.63) is 154 Å². The lowest BCUT2D eigenvalue weighted by Gasteiger charge is -2.22. The zero-order valence-electron chi connectivity index (χ0n) is 24.9. The normalized spacial score (nSPS) is 12.7. The highest BCUT2D eigenvalue weighted by Crippen LogP contribution is 2.41. The first-order chi connectivity index (χ1) is 22.2. The molecule has 230 valence electrons. The number of halogens is 1.